The molecule has 0 radical (unpaired) electrons. The second kappa shape index (κ2) is 7.79. The molecule has 4 rings (SSSR count). The predicted molar refractivity (Wildman–Crippen MR) is 122 cm³/mol. The molecule has 0 aliphatic heterocycles. The minimum absolute atomic E-state index is 0.0899. The Morgan fingerprint density at radius 1 is 0.933 bits per heavy atom. The molecule has 0 atom stereocenters. The predicted octanol–water partition coefficient (Wildman–Crippen LogP) is 5.42. The normalized spacial score (nSPS) is 11.6. The quantitative estimate of drug-likeness (QED) is 0.461. The van der Waals surface area contributed by atoms with E-state index in [1.54, 1.807) is 11.7 Å². The van der Waals surface area contributed by atoms with Gasteiger partial charge in [-0.3, -0.25) is 4.79 Å². The monoisotopic (exact) mass is 398 g/mol. The molecule has 0 saturated heterocycles. The average Bonchev–Trinajstić information content (AvgIpc) is 2.75. The minimum Gasteiger partial charge on any atom is -0.497 e. The third kappa shape index (κ3) is 3.86. The van der Waals surface area contributed by atoms with Crippen LogP contribution >= 0.6 is 0 Å². The molecule has 0 amide bonds. The highest BCUT2D eigenvalue weighted by molar-refractivity contribution is 5.79. The van der Waals surface area contributed by atoms with E-state index >= 15 is 0 Å². The summed E-state index contributed by atoms with van der Waals surface area (Å²) in [5, 5.41) is 0. The van der Waals surface area contributed by atoms with Crippen LogP contribution in [0.5, 0.6) is 5.75 Å². The summed E-state index contributed by atoms with van der Waals surface area (Å²) in [5.41, 5.74) is 5.12. The summed E-state index contributed by atoms with van der Waals surface area (Å²) in [6.45, 7) is 7.05. The molecule has 0 saturated carbocycles. The Morgan fingerprint density at radius 3 is 2.27 bits per heavy atom. The molecule has 0 bridgehead atoms. The first-order chi connectivity index (χ1) is 14.4. The van der Waals surface area contributed by atoms with Crippen molar-refractivity contribution in [1.82, 2.24) is 9.55 Å². The van der Waals surface area contributed by atoms with E-state index < -0.39 is 0 Å². The van der Waals surface area contributed by atoms with Crippen LogP contribution in [0.25, 0.3) is 22.3 Å². The van der Waals surface area contributed by atoms with E-state index in [1.807, 2.05) is 48.5 Å². The summed E-state index contributed by atoms with van der Waals surface area (Å²) in [5.74, 6) is 0.702. The van der Waals surface area contributed by atoms with E-state index in [4.69, 9.17) is 4.74 Å². The number of methoxy groups -OCH3 is 1. The van der Waals surface area contributed by atoms with E-state index in [-0.39, 0.29) is 11.0 Å². The van der Waals surface area contributed by atoms with Crippen molar-refractivity contribution in [2.75, 3.05) is 7.11 Å². The maximum atomic E-state index is 13.5. The van der Waals surface area contributed by atoms with Crippen LogP contribution in [-0.2, 0) is 12.0 Å². The van der Waals surface area contributed by atoms with E-state index in [0.29, 0.717) is 18.0 Å². The highest BCUT2D eigenvalue weighted by Crippen LogP contribution is 2.24. The van der Waals surface area contributed by atoms with E-state index in [1.165, 1.54) is 5.56 Å². The minimum atomic E-state index is -0.109. The number of hydrogen-bond donors (Lipinski definition) is 0. The maximum absolute atomic E-state index is 13.5. The molecule has 3 aromatic carbocycles. The highest BCUT2D eigenvalue weighted by Gasteiger charge is 2.16. The third-order valence-electron chi connectivity index (χ3n) is 5.36. The van der Waals surface area contributed by atoms with Crippen molar-refractivity contribution in [2.24, 2.45) is 0 Å². The highest BCUT2D eigenvalue weighted by atomic mass is 16.5. The van der Waals surface area contributed by atoms with Crippen LogP contribution in [-0.4, -0.2) is 16.7 Å². The third-order valence-corrected chi connectivity index (χ3v) is 5.36. The molecule has 1 heterocycles. The number of rotatable bonds is 4. The Kier molecular flexibility index (Phi) is 5.17. The number of nitrogens with zero attached hydrogens (tertiary/aromatic N) is 2. The van der Waals surface area contributed by atoms with Crippen molar-refractivity contribution in [3.8, 4) is 17.0 Å². The van der Waals surface area contributed by atoms with Gasteiger partial charge in [-0.05, 0) is 28.7 Å². The van der Waals surface area contributed by atoms with Gasteiger partial charge in [0.05, 0.1) is 24.7 Å². The molecule has 4 nitrogen and oxygen atoms in total. The van der Waals surface area contributed by atoms with Gasteiger partial charge in [0.2, 0.25) is 0 Å². The van der Waals surface area contributed by atoms with Gasteiger partial charge in [-0.2, -0.15) is 0 Å². The molecular weight excluding hydrogens is 372 g/mol. The Hall–Kier alpha value is -3.40. The van der Waals surface area contributed by atoms with Crippen molar-refractivity contribution < 1.29 is 4.74 Å². The van der Waals surface area contributed by atoms with Crippen molar-refractivity contribution >= 4 is 11.0 Å². The Labute approximate surface area is 176 Å². The van der Waals surface area contributed by atoms with Crippen LogP contribution in [0.15, 0.2) is 77.6 Å². The first-order valence-electron chi connectivity index (χ1n) is 10.1. The number of fused-ring (bicyclic) bond motifs is 1. The van der Waals surface area contributed by atoms with Gasteiger partial charge in [-0.15, -0.1) is 0 Å². The molecule has 4 heteroatoms. The SMILES string of the molecule is COc1ccc2nc(-c3ccccc3)c(=O)n(Cc3ccc(C(C)(C)C)cc3)c2c1. The molecule has 152 valence electrons. The Balaban J connectivity index is 1.88. The fraction of sp³-hybridized carbons (Fsp3) is 0.231. The molecule has 0 unspecified atom stereocenters. The lowest BCUT2D eigenvalue weighted by Crippen LogP contribution is -2.24. The van der Waals surface area contributed by atoms with Gasteiger partial charge in [0, 0.05) is 11.6 Å². The summed E-state index contributed by atoms with van der Waals surface area (Å²) >= 11 is 0. The summed E-state index contributed by atoms with van der Waals surface area (Å²) in [7, 11) is 1.63. The smallest absolute Gasteiger partial charge is 0.277 e. The van der Waals surface area contributed by atoms with Gasteiger partial charge >= 0.3 is 0 Å². The van der Waals surface area contributed by atoms with Crippen LogP contribution in [0.1, 0.15) is 31.9 Å². The van der Waals surface area contributed by atoms with Gasteiger partial charge < -0.3 is 9.30 Å². The van der Waals surface area contributed by atoms with Crippen LogP contribution in [0.3, 0.4) is 0 Å². The zero-order valence-corrected chi connectivity index (χ0v) is 17.8. The fourth-order valence-corrected chi connectivity index (χ4v) is 3.58. The van der Waals surface area contributed by atoms with Gasteiger partial charge in [-0.1, -0.05) is 75.4 Å². The largest absolute Gasteiger partial charge is 0.497 e. The summed E-state index contributed by atoms with van der Waals surface area (Å²) in [6.07, 6.45) is 0. The van der Waals surface area contributed by atoms with Crippen molar-refractivity contribution in [1.29, 1.82) is 0 Å². The van der Waals surface area contributed by atoms with Crippen molar-refractivity contribution in [3.63, 3.8) is 0 Å². The average molecular weight is 399 g/mol. The van der Waals surface area contributed by atoms with Gasteiger partial charge in [0.25, 0.3) is 5.56 Å². The second-order valence-electron chi connectivity index (χ2n) is 8.52. The number of hydrogen-bond acceptors (Lipinski definition) is 3. The van der Waals surface area contributed by atoms with Crippen LogP contribution in [0, 0.1) is 0 Å². The lowest BCUT2D eigenvalue weighted by atomic mass is 9.87. The summed E-state index contributed by atoms with van der Waals surface area (Å²) in [4.78, 5) is 18.2. The summed E-state index contributed by atoms with van der Waals surface area (Å²) < 4.78 is 7.18. The molecule has 0 N–H and O–H groups in total. The van der Waals surface area contributed by atoms with E-state index in [0.717, 1.165) is 22.2 Å². The Bertz CT molecular complexity index is 1230. The zero-order valence-electron chi connectivity index (χ0n) is 17.8. The van der Waals surface area contributed by atoms with Crippen molar-refractivity contribution in [2.45, 2.75) is 32.7 Å². The first-order valence-corrected chi connectivity index (χ1v) is 10.1. The number of aromatic nitrogens is 2. The molecule has 0 aliphatic rings. The molecule has 1 aromatic heterocycles. The van der Waals surface area contributed by atoms with Crippen LogP contribution in [0.4, 0.5) is 0 Å². The van der Waals surface area contributed by atoms with Gasteiger partial charge in [0.15, 0.2) is 0 Å². The lowest BCUT2D eigenvalue weighted by molar-refractivity contribution is 0.415. The maximum Gasteiger partial charge on any atom is 0.277 e. The summed E-state index contributed by atoms with van der Waals surface area (Å²) in [6, 6.07) is 23.7. The zero-order chi connectivity index (χ0) is 21.3. The van der Waals surface area contributed by atoms with E-state index in [2.05, 4.69) is 50.0 Å². The molecule has 30 heavy (non-hydrogen) atoms. The van der Waals surface area contributed by atoms with Gasteiger partial charge in [-0.25, -0.2) is 4.98 Å². The fourth-order valence-electron chi connectivity index (χ4n) is 3.58. The topological polar surface area (TPSA) is 44.1 Å². The molecule has 0 aliphatic carbocycles. The number of ether oxygens (including phenoxy) is 1. The molecule has 0 spiro atoms. The molecule has 4 aromatic rings. The standard InChI is InChI=1S/C26H26N2O2/c1-26(2,3)20-12-10-18(11-13-20)17-28-23-16-21(30-4)14-15-22(23)27-24(25(28)29)19-8-6-5-7-9-19/h5-16H,17H2,1-4H3. The molecule has 0 fully saturated rings. The molecular formula is C26H26N2O2. The van der Waals surface area contributed by atoms with Gasteiger partial charge in [0.1, 0.15) is 11.4 Å². The first kappa shape index (κ1) is 19.9. The van der Waals surface area contributed by atoms with Crippen LogP contribution in [0.2, 0.25) is 0 Å². The number of benzene rings is 3. The second-order valence-corrected chi connectivity index (χ2v) is 8.52. The lowest BCUT2D eigenvalue weighted by Gasteiger charge is -2.19. The van der Waals surface area contributed by atoms with E-state index in [9.17, 15) is 4.79 Å². The van der Waals surface area contributed by atoms with Crippen molar-refractivity contribution in [3.05, 3.63) is 94.3 Å². The van der Waals surface area contributed by atoms with Crippen LogP contribution < -0.4 is 10.3 Å². The Morgan fingerprint density at radius 2 is 1.63 bits per heavy atom.